The van der Waals surface area contributed by atoms with Crippen molar-refractivity contribution >= 4 is 23.1 Å². The van der Waals surface area contributed by atoms with Gasteiger partial charge >= 0.3 is 0 Å². The minimum atomic E-state index is -0.851. The van der Waals surface area contributed by atoms with Gasteiger partial charge in [0.25, 0.3) is 11.5 Å². The van der Waals surface area contributed by atoms with E-state index in [1.807, 2.05) is 60.5 Å². The van der Waals surface area contributed by atoms with Crippen molar-refractivity contribution in [3.05, 3.63) is 101 Å². The molecule has 50 heavy (non-hydrogen) atoms. The molecule has 7 rings (SSSR count). The van der Waals surface area contributed by atoms with E-state index in [-0.39, 0.29) is 23.3 Å². The van der Waals surface area contributed by atoms with E-state index in [9.17, 15) is 14.4 Å². The number of nitrogen functional groups attached to an aromatic ring is 1. The molecule has 4 N–H and O–H groups in total. The number of pyridine rings is 2. The highest BCUT2D eigenvalue weighted by molar-refractivity contribution is 6.04. The van der Waals surface area contributed by atoms with E-state index in [2.05, 4.69) is 26.2 Å². The lowest BCUT2D eigenvalue weighted by molar-refractivity contribution is -0.135. The lowest BCUT2D eigenvalue weighted by Crippen LogP contribution is -2.40. The summed E-state index contributed by atoms with van der Waals surface area (Å²) in [6.45, 7) is 7.04. The van der Waals surface area contributed by atoms with Crippen LogP contribution in [0.2, 0.25) is 0 Å². The second-order valence-corrected chi connectivity index (χ2v) is 13.0. The highest BCUT2D eigenvalue weighted by Gasteiger charge is 2.30. The topological polar surface area (TPSA) is 172 Å². The van der Waals surface area contributed by atoms with Gasteiger partial charge in [0.2, 0.25) is 5.91 Å². The maximum absolute atomic E-state index is 14.1. The van der Waals surface area contributed by atoms with Gasteiger partial charge in [0.15, 0.2) is 5.82 Å². The second-order valence-electron chi connectivity index (χ2n) is 13.0. The molecule has 13 heteroatoms. The van der Waals surface area contributed by atoms with Crippen molar-refractivity contribution in [2.75, 3.05) is 18.8 Å². The van der Waals surface area contributed by atoms with Crippen molar-refractivity contribution in [3.8, 4) is 39.3 Å². The van der Waals surface area contributed by atoms with Gasteiger partial charge in [0.05, 0.1) is 5.69 Å². The number of carbonyl (C=O) groups is 2. The van der Waals surface area contributed by atoms with E-state index in [0.717, 1.165) is 29.7 Å². The third-order valence-electron chi connectivity index (χ3n) is 9.63. The molecule has 0 unspecified atom stereocenters. The maximum atomic E-state index is 14.1. The third kappa shape index (κ3) is 5.40. The number of carbonyl (C=O) groups excluding carboxylic acids is 2. The lowest BCUT2D eigenvalue weighted by Gasteiger charge is -2.33. The van der Waals surface area contributed by atoms with E-state index < -0.39 is 11.5 Å². The number of nitrogens with two attached hydrogens (primary N) is 2. The smallest absolute Gasteiger partial charge is 0.270 e. The van der Waals surface area contributed by atoms with Crippen LogP contribution in [0.5, 0.6) is 0 Å². The number of anilines is 1. The molecular weight excluding hydrogens is 632 g/mol. The van der Waals surface area contributed by atoms with Gasteiger partial charge in [-0.1, -0.05) is 44.2 Å². The molecule has 0 spiro atoms. The molecule has 0 saturated carbocycles. The summed E-state index contributed by atoms with van der Waals surface area (Å²) in [6, 6.07) is 16.8. The maximum Gasteiger partial charge on any atom is 0.270 e. The largest absolute Gasteiger partial charge is 0.382 e. The van der Waals surface area contributed by atoms with Crippen LogP contribution in [0.3, 0.4) is 0 Å². The minimum absolute atomic E-state index is 0.0382. The summed E-state index contributed by atoms with van der Waals surface area (Å²) in [6.07, 6.45) is 6.33. The zero-order valence-corrected chi connectivity index (χ0v) is 28.4. The quantitative estimate of drug-likeness (QED) is 0.252. The van der Waals surface area contributed by atoms with Crippen LogP contribution in [0.15, 0.2) is 78.1 Å². The first kappa shape index (κ1) is 32.4. The van der Waals surface area contributed by atoms with Crippen LogP contribution >= 0.6 is 0 Å². The summed E-state index contributed by atoms with van der Waals surface area (Å²) in [4.78, 5) is 50.5. The van der Waals surface area contributed by atoms with Crippen molar-refractivity contribution in [2.24, 2.45) is 18.7 Å². The fraction of sp³-hybridized carbons (Fsp3) is 0.270. The molecule has 6 heterocycles. The Morgan fingerprint density at radius 2 is 1.64 bits per heavy atom. The molecule has 5 aromatic heterocycles. The Bertz CT molecular complexity index is 2310. The van der Waals surface area contributed by atoms with E-state index in [0.29, 0.717) is 58.3 Å². The molecule has 1 aromatic carbocycles. The van der Waals surface area contributed by atoms with Crippen LogP contribution in [-0.2, 0) is 11.8 Å². The number of nitrogens with zero attached hydrogens (tertiary/aromatic N) is 8. The standard InChI is InChI=1S/C37H38N10O3/c1-21(2)36(49)45-17-13-24(14-18-45)28-19-26(33-34(38)41-20-43-47(28)33)23-8-10-25(11-9-23)31-30(27-12-16-42-44(27)4)22(3)46(29-7-5-6-15-40-29)37(50)32(31)35(39)48/h5-12,15-16,19-21,24H,13-14,17-18H2,1-4H3,(H2,39,48)(H2,38,41,43). The number of benzene rings is 1. The molecule has 1 aliphatic rings. The van der Waals surface area contributed by atoms with Crippen molar-refractivity contribution in [1.82, 2.24) is 38.8 Å². The predicted octanol–water partition coefficient (Wildman–Crippen LogP) is 4.36. The summed E-state index contributed by atoms with van der Waals surface area (Å²) in [7, 11) is 1.80. The molecule has 0 atom stereocenters. The first-order valence-electron chi connectivity index (χ1n) is 16.6. The number of fused-ring (bicyclic) bond motifs is 1. The highest BCUT2D eigenvalue weighted by atomic mass is 16.2. The van der Waals surface area contributed by atoms with Crippen LogP contribution in [0.1, 0.15) is 54.4 Å². The van der Waals surface area contributed by atoms with Crippen LogP contribution in [-0.4, -0.2) is 63.7 Å². The Labute approximate surface area is 288 Å². The van der Waals surface area contributed by atoms with Gasteiger partial charge in [0.1, 0.15) is 23.2 Å². The van der Waals surface area contributed by atoms with E-state index in [1.165, 1.54) is 10.9 Å². The zero-order chi connectivity index (χ0) is 35.3. The number of amides is 2. The average molecular weight is 671 g/mol. The highest BCUT2D eigenvalue weighted by Crippen LogP contribution is 2.40. The van der Waals surface area contributed by atoms with E-state index >= 15 is 0 Å². The number of aryl methyl sites for hydroxylation is 1. The molecule has 13 nitrogen and oxygen atoms in total. The van der Waals surface area contributed by atoms with Crippen molar-refractivity contribution in [2.45, 2.75) is 39.5 Å². The Balaban J connectivity index is 1.35. The minimum Gasteiger partial charge on any atom is -0.382 e. The Morgan fingerprint density at radius 3 is 2.26 bits per heavy atom. The molecule has 1 saturated heterocycles. The molecule has 6 aromatic rings. The van der Waals surface area contributed by atoms with E-state index in [1.54, 1.807) is 42.3 Å². The summed E-state index contributed by atoms with van der Waals surface area (Å²) in [5.74, 6) is 0.178. The first-order chi connectivity index (χ1) is 24.1. The molecule has 1 fully saturated rings. The van der Waals surface area contributed by atoms with Gasteiger partial charge in [-0.25, -0.2) is 14.5 Å². The summed E-state index contributed by atoms with van der Waals surface area (Å²) >= 11 is 0. The molecule has 0 aliphatic carbocycles. The molecule has 0 bridgehead atoms. The summed E-state index contributed by atoms with van der Waals surface area (Å²) < 4.78 is 4.97. The molecule has 1 aliphatic heterocycles. The van der Waals surface area contributed by atoms with Gasteiger partial charge in [-0.05, 0) is 55.2 Å². The van der Waals surface area contributed by atoms with Gasteiger partial charge in [0, 0.05) is 72.4 Å². The third-order valence-corrected chi connectivity index (χ3v) is 9.63. The molecule has 0 radical (unpaired) electrons. The van der Waals surface area contributed by atoms with Crippen LogP contribution < -0.4 is 17.0 Å². The van der Waals surface area contributed by atoms with Crippen molar-refractivity contribution in [1.29, 1.82) is 0 Å². The van der Waals surface area contributed by atoms with Gasteiger partial charge < -0.3 is 16.4 Å². The number of hydrogen-bond donors (Lipinski definition) is 2. The normalized spacial score (nSPS) is 13.7. The number of primary amides is 1. The second kappa shape index (κ2) is 12.7. The Morgan fingerprint density at radius 1 is 0.920 bits per heavy atom. The predicted molar refractivity (Wildman–Crippen MR) is 191 cm³/mol. The van der Waals surface area contributed by atoms with Crippen LogP contribution in [0, 0.1) is 12.8 Å². The van der Waals surface area contributed by atoms with Crippen molar-refractivity contribution in [3.63, 3.8) is 0 Å². The first-order valence-corrected chi connectivity index (χ1v) is 16.6. The average Bonchev–Trinajstić information content (AvgIpc) is 3.72. The number of aromatic nitrogens is 7. The molecule has 254 valence electrons. The number of piperidine rings is 1. The van der Waals surface area contributed by atoms with Gasteiger partial charge in [-0.15, -0.1) is 0 Å². The van der Waals surface area contributed by atoms with Crippen LogP contribution in [0.25, 0.3) is 44.8 Å². The fourth-order valence-corrected chi connectivity index (χ4v) is 7.18. The SMILES string of the molecule is Cc1c(-c2ccnn2C)c(-c2ccc(-c3cc(C4CCN(C(=O)C(C)C)CC4)n4ncnc(N)c34)cc2)c(C(N)=O)c(=O)n1-c1ccccn1. The monoisotopic (exact) mass is 670 g/mol. The van der Waals surface area contributed by atoms with Crippen LogP contribution in [0.4, 0.5) is 5.82 Å². The number of rotatable bonds is 7. The van der Waals surface area contributed by atoms with E-state index in [4.69, 9.17) is 11.5 Å². The Kier molecular flexibility index (Phi) is 8.26. The molecule has 2 amide bonds. The fourth-order valence-electron chi connectivity index (χ4n) is 7.18. The molecular formula is C37H38N10O3. The lowest BCUT2D eigenvalue weighted by atomic mass is 9.90. The van der Waals surface area contributed by atoms with Gasteiger partial charge in [-0.2, -0.15) is 10.2 Å². The zero-order valence-electron chi connectivity index (χ0n) is 28.4. The Hall–Kier alpha value is -6.11. The summed E-state index contributed by atoms with van der Waals surface area (Å²) in [5.41, 5.74) is 18.1. The van der Waals surface area contributed by atoms with Crippen molar-refractivity contribution < 1.29 is 9.59 Å². The number of hydrogen-bond acceptors (Lipinski definition) is 8. The summed E-state index contributed by atoms with van der Waals surface area (Å²) in [5, 5.41) is 8.96. The number of likely N-dealkylation sites (tertiary alicyclic amines) is 1. The van der Waals surface area contributed by atoms with Gasteiger partial charge in [-0.3, -0.25) is 23.6 Å².